The Kier molecular flexibility index (Phi) is 3.89. The number of aryl methyl sites for hydroxylation is 2. The van der Waals surface area contributed by atoms with Gasteiger partial charge in [-0.05, 0) is 48.7 Å². The number of benzene rings is 2. The average molecular weight is 268 g/mol. The summed E-state index contributed by atoms with van der Waals surface area (Å²) in [5.74, 6) is -0.871. The van der Waals surface area contributed by atoms with Crippen molar-refractivity contribution in [2.75, 3.05) is 0 Å². The summed E-state index contributed by atoms with van der Waals surface area (Å²) in [5.41, 5.74) is 3.56. The van der Waals surface area contributed by atoms with E-state index in [-0.39, 0.29) is 11.3 Å². The van der Waals surface area contributed by atoms with E-state index in [1.807, 2.05) is 32.0 Å². The smallest absolute Gasteiger partial charge is 0.336 e. The van der Waals surface area contributed by atoms with Crippen molar-refractivity contribution in [3.05, 3.63) is 64.7 Å². The van der Waals surface area contributed by atoms with Gasteiger partial charge in [0.05, 0.1) is 5.57 Å². The molecule has 0 bridgehead atoms. The summed E-state index contributed by atoms with van der Waals surface area (Å²) < 4.78 is 0. The molecule has 2 rings (SSSR count). The summed E-state index contributed by atoms with van der Waals surface area (Å²) in [6, 6.07) is 12.2. The molecule has 2 N–H and O–H groups in total. The number of carbonyl (C=O) groups is 1. The standard InChI is InChI=1S/C17H16O3/c1-11-6-7-15(12(2)8-11)16(17(19)20)10-13-4-3-5-14(18)9-13/h3-10,18H,1-2H3,(H,19,20)/b16-10-. The first-order valence-electron chi connectivity index (χ1n) is 6.29. The Hall–Kier alpha value is -2.55. The van der Waals surface area contributed by atoms with Crippen LogP contribution in [-0.2, 0) is 4.79 Å². The van der Waals surface area contributed by atoms with Crippen molar-refractivity contribution in [3.8, 4) is 5.75 Å². The van der Waals surface area contributed by atoms with Crippen molar-refractivity contribution in [2.45, 2.75) is 13.8 Å². The molecule has 102 valence electrons. The van der Waals surface area contributed by atoms with Crippen LogP contribution in [0, 0.1) is 13.8 Å². The van der Waals surface area contributed by atoms with E-state index in [0.717, 1.165) is 11.1 Å². The fourth-order valence-electron chi connectivity index (χ4n) is 2.15. The Morgan fingerprint density at radius 2 is 1.85 bits per heavy atom. The molecular weight excluding hydrogens is 252 g/mol. The molecule has 0 amide bonds. The minimum atomic E-state index is -0.986. The first-order chi connectivity index (χ1) is 9.47. The summed E-state index contributed by atoms with van der Waals surface area (Å²) >= 11 is 0. The number of aromatic hydroxyl groups is 1. The van der Waals surface area contributed by atoms with Gasteiger partial charge in [-0.15, -0.1) is 0 Å². The maximum atomic E-state index is 11.5. The van der Waals surface area contributed by atoms with Crippen LogP contribution in [0.25, 0.3) is 11.6 Å². The van der Waals surface area contributed by atoms with Gasteiger partial charge < -0.3 is 10.2 Å². The molecular formula is C17H16O3. The zero-order valence-electron chi connectivity index (χ0n) is 11.4. The van der Waals surface area contributed by atoms with Crippen molar-refractivity contribution >= 4 is 17.6 Å². The third-order valence-electron chi connectivity index (χ3n) is 3.08. The maximum Gasteiger partial charge on any atom is 0.336 e. The molecule has 2 aromatic carbocycles. The summed E-state index contributed by atoms with van der Waals surface area (Å²) in [6.07, 6.45) is 1.57. The minimum absolute atomic E-state index is 0.115. The lowest BCUT2D eigenvalue weighted by molar-refractivity contribution is -0.130. The van der Waals surface area contributed by atoms with E-state index in [1.54, 1.807) is 24.3 Å². The Labute approximate surface area is 117 Å². The highest BCUT2D eigenvalue weighted by Gasteiger charge is 2.13. The predicted molar refractivity (Wildman–Crippen MR) is 79.5 cm³/mol. The lowest BCUT2D eigenvalue weighted by Gasteiger charge is -2.08. The third kappa shape index (κ3) is 3.06. The molecule has 0 radical (unpaired) electrons. The van der Waals surface area contributed by atoms with Gasteiger partial charge in [0.15, 0.2) is 0 Å². The van der Waals surface area contributed by atoms with Crippen LogP contribution in [-0.4, -0.2) is 16.2 Å². The molecule has 0 aliphatic heterocycles. The normalized spacial score (nSPS) is 11.4. The lowest BCUT2D eigenvalue weighted by Crippen LogP contribution is -2.01. The van der Waals surface area contributed by atoms with Gasteiger partial charge in [0.1, 0.15) is 5.75 Å². The summed E-state index contributed by atoms with van der Waals surface area (Å²) in [4.78, 5) is 11.5. The summed E-state index contributed by atoms with van der Waals surface area (Å²) in [5, 5.41) is 18.9. The van der Waals surface area contributed by atoms with Crippen LogP contribution in [0.4, 0.5) is 0 Å². The van der Waals surface area contributed by atoms with Gasteiger partial charge in [-0.25, -0.2) is 4.79 Å². The fraction of sp³-hybridized carbons (Fsp3) is 0.118. The minimum Gasteiger partial charge on any atom is -0.508 e. The summed E-state index contributed by atoms with van der Waals surface area (Å²) in [7, 11) is 0. The van der Waals surface area contributed by atoms with E-state index in [1.165, 1.54) is 6.07 Å². The molecule has 0 aliphatic rings. The lowest BCUT2D eigenvalue weighted by atomic mass is 9.97. The summed E-state index contributed by atoms with van der Waals surface area (Å²) in [6.45, 7) is 3.86. The van der Waals surface area contributed by atoms with E-state index in [4.69, 9.17) is 0 Å². The molecule has 0 heterocycles. The zero-order valence-corrected chi connectivity index (χ0v) is 11.4. The molecule has 3 heteroatoms. The number of carboxylic acid groups (broad SMARTS) is 1. The molecule has 3 nitrogen and oxygen atoms in total. The van der Waals surface area contributed by atoms with Gasteiger partial charge in [0.2, 0.25) is 0 Å². The molecule has 0 fully saturated rings. The largest absolute Gasteiger partial charge is 0.508 e. The Bertz CT molecular complexity index is 684. The number of carboxylic acids is 1. The Morgan fingerprint density at radius 1 is 1.10 bits per heavy atom. The molecule has 0 aromatic heterocycles. The zero-order chi connectivity index (χ0) is 14.7. The number of hydrogen-bond donors (Lipinski definition) is 2. The molecule has 0 unspecified atom stereocenters. The predicted octanol–water partition coefficient (Wildman–Crippen LogP) is 3.63. The van der Waals surface area contributed by atoms with Gasteiger partial charge in [-0.1, -0.05) is 35.9 Å². The van der Waals surface area contributed by atoms with Gasteiger partial charge in [0, 0.05) is 0 Å². The van der Waals surface area contributed by atoms with Gasteiger partial charge in [0.25, 0.3) is 0 Å². The number of rotatable bonds is 3. The van der Waals surface area contributed by atoms with E-state index in [2.05, 4.69) is 0 Å². The highest BCUT2D eigenvalue weighted by atomic mass is 16.4. The number of hydrogen-bond acceptors (Lipinski definition) is 2. The van der Waals surface area contributed by atoms with Gasteiger partial charge in [-0.2, -0.15) is 0 Å². The second kappa shape index (κ2) is 5.61. The van der Waals surface area contributed by atoms with Crippen LogP contribution in [0.1, 0.15) is 22.3 Å². The molecule has 2 aromatic rings. The van der Waals surface area contributed by atoms with Crippen molar-refractivity contribution in [2.24, 2.45) is 0 Å². The van der Waals surface area contributed by atoms with Crippen LogP contribution in [0.2, 0.25) is 0 Å². The van der Waals surface area contributed by atoms with Crippen LogP contribution >= 0.6 is 0 Å². The Morgan fingerprint density at radius 3 is 2.45 bits per heavy atom. The SMILES string of the molecule is Cc1ccc(/C(=C/c2cccc(O)c2)C(=O)O)c(C)c1. The second-order valence-electron chi connectivity index (χ2n) is 4.78. The van der Waals surface area contributed by atoms with E-state index in [0.29, 0.717) is 11.1 Å². The van der Waals surface area contributed by atoms with Crippen LogP contribution in [0.15, 0.2) is 42.5 Å². The molecule has 0 aliphatic carbocycles. The number of phenols is 1. The van der Waals surface area contributed by atoms with Crippen molar-refractivity contribution in [1.29, 1.82) is 0 Å². The van der Waals surface area contributed by atoms with Gasteiger partial charge in [-0.3, -0.25) is 0 Å². The second-order valence-corrected chi connectivity index (χ2v) is 4.78. The third-order valence-corrected chi connectivity index (χ3v) is 3.08. The Balaban J connectivity index is 2.54. The molecule has 0 atom stereocenters. The monoisotopic (exact) mass is 268 g/mol. The highest BCUT2D eigenvalue weighted by molar-refractivity contribution is 6.21. The number of phenolic OH excluding ortho intramolecular Hbond substituents is 1. The van der Waals surface area contributed by atoms with Gasteiger partial charge >= 0.3 is 5.97 Å². The van der Waals surface area contributed by atoms with Crippen molar-refractivity contribution < 1.29 is 15.0 Å². The maximum absolute atomic E-state index is 11.5. The average Bonchev–Trinajstić information content (AvgIpc) is 2.36. The number of aliphatic carboxylic acids is 1. The first kappa shape index (κ1) is 13.9. The first-order valence-corrected chi connectivity index (χ1v) is 6.29. The van der Waals surface area contributed by atoms with E-state index in [9.17, 15) is 15.0 Å². The van der Waals surface area contributed by atoms with Crippen molar-refractivity contribution in [1.82, 2.24) is 0 Å². The highest BCUT2D eigenvalue weighted by Crippen LogP contribution is 2.24. The van der Waals surface area contributed by atoms with Crippen LogP contribution in [0.5, 0.6) is 5.75 Å². The molecule has 0 saturated carbocycles. The fourth-order valence-corrected chi connectivity index (χ4v) is 2.15. The van der Waals surface area contributed by atoms with Crippen molar-refractivity contribution in [3.63, 3.8) is 0 Å². The topological polar surface area (TPSA) is 57.5 Å². The molecule has 0 spiro atoms. The van der Waals surface area contributed by atoms with Crippen LogP contribution < -0.4 is 0 Å². The van der Waals surface area contributed by atoms with E-state index >= 15 is 0 Å². The quantitative estimate of drug-likeness (QED) is 0.660. The molecule has 0 saturated heterocycles. The molecule has 20 heavy (non-hydrogen) atoms. The van der Waals surface area contributed by atoms with E-state index < -0.39 is 5.97 Å². The van der Waals surface area contributed by atoms with Crippen LogP contribution in [0.3, 0.4) is 0 Å².